The van der Waals surface area contributed by atoms with Crippen LogP contribution in [0.1, 0.15) is 94.9 Å². The van der Waals surface area contributed by atoms with Gasteiger partial charge >= 0.3 is 11.9 Å². The predicted molar refractivity (Wildman–Crippen MR) is 133 cm³/mol. The summed E-state index contributed by atoms with van der Waals surface area (Å²) in [4.78, 5) is 25.4. The zero-order valence-electron chi connectivity index (χ0n) is 21.1. The molecule has 4 heteroatoms. The highest BCUT2D eigenvalue weighted by Crippen LogP contribution is 2.23. The number of rotatable bonds is 12. The first kappa shape index (κ1) is 26.6. The lowest BCUT2D eigenvalue weighted by molar-refractivity contribution is -0.154. The van der Waals surface area contributed by atoms with Crippen molar-refractivity contribution in [2.45, 2.75) is 85.9 Å². The van der Waals surface area contributed by atoms with Gasteiger partial charge in [-0.25, -0.2) is 0 Å². The van der Waals surface area contributed by atoms with Gasteiger partial charge in [0.1, 0.15) is 13.2 Å². The molecule has 2 atom stereocenters. The van der Waals surface area contributed by atoms with Gasteiger partial charge in [-0.1, -0.05) is 90.1 Å². The molecule has 0 amide bonds. The van der Waals surface area contributed by atoms with Crippen LogP contribution in [0.4, 0.5) is 0 Å². The lowest BCUT2D eigenvalue weighted by Crippen LogP contribution is -2.25. The van der Waals surface area contributed by atoms with Gasteiger partial charge in [0.05, 0.1) is 11.8 Å². The molecule has 2 aromatic rings. The van der Waals surface area contributed by atoms with E-state index in [9.17, 15) is 9.59 Å². The molecule has 33 heavy (non-hydrogen) atoms. The average molecular weight is 453 g/mol. The Labute approximate surface area is 199 Å². The minimum absolute atomic E-state index is 0.249. The van der Waals surface area contributed by atoms with Gasteiger partial charge in [-0.15, -0.1) is 0 Å². The zero-order valence-corrected chi connectivity index (χ0v) is 21.1. The maximum Gasteiger partial charge on any atom is 0.309 e. The van der Waals surface area contributed by atoms with E-state index in [1.165, 1.54) is 11.1 Å². The molecule has 0 aromatic heterocycles. The molecule has 0 saturated heterocycles. The largest absolute Gasteiger partial charge is 0.461 e. The molecule has 180 valence electrons. The van der Waals surface area contributed by atoms with Gasteiger partial charge in [-0.05, 0) is 53.4 Å². The lowest BCUT2D eigenvalue weighted by Gasteiger charge is -2.20. The van der Waals surface area contributed by atoms with Gasteiger partial charge in [0.2, 0.25) is 0 Å². The highest BCUT2D eigenvalue weighted by atomic mass is 16.5. The molecule has 0 aliphatic heterocycles. The van der Waals surface area contributed by atoms with Crippen molar-refractivity contribution in [1.29, 1.82) is 0 Å². The Hall–Kier alpha value is -2.62. The van der Waals surface area contributed by atoms with Crippen LogP contribution in [0, 0.1) is 11.8 Å². The second-order valence-electron chi connectivity index (χ2n) is 9.45. The molecule has 0 radical (unpaired) electrons. The number of hydrogen-bond acceptors (Lipinski definition) is 4. The van der Waals surface area contributed by atoms with E-state index in [0.29, 0.717) is 31.1 Å². The summed E-state index contributed by atoms with van der Waals surface area (Å²) in [6.07, 6.45) is 1.71. The fraction of sp³-hybridized carbons (Fsp3) is 0.517. The van der Waals surface area contributed by atoms with Crippen LogP contribution in [-0.2, 0) is 32.3 Å². The third-order valence-electron chi connectivity index (χ3n) is 6.28. The topological polar surface area (TPSA) is 52.6 Å². The molecular formula is C29H40O4. The number of benzene rings is 2. The third kappa shape index (κ3) is 8.34. The minimum atomic E-state index is -0.317. The van der Waals surface area contributed by atoms with E-state index in [2.05, 4.69) is 52.0 Å². The summed E-state index contributed by atoms with van der Waals surface area (Å²) in [6, 6.07) is 16.3. The monoisotopic (exact) mass is 452 g/mol. The van der Waals surface area contributed by atoms with E-state index in [1.807, 2.05) is 38.1 Å². The van der Waals surface area contributed by atoms with Crippen molar-refractivity contribution >= 4 is 11.9 Å². The molecule has 2 rings (SSSR count). The fourth-order valence-electron chi connectivity index (χ4n) is 3.74. The first-order valence-electron chi connectivity index (χ1n) is 12.3. The SMILES string of the molecule is CCC(CC(CC)C(=O)OCc1ccc(C(C)C)cc1)C(=O)OCc1ccc(C(C)C)cc1. The molecule has 0 aliphatic carbocycles. The molecule has 0 spiro atoms. The molecule has 0 bridgehead atoms. The number of carbonyl (C=O) groups excluding carboxylic acids is 2. The van der Waals surface area contributed by atoms with Gasteiger partial charge in [0.15, 0.2) is 0 Å². The van der Waals surface area contributed by atoms with E-state index in [1.54, 1.807) is 0 Å². The summed E-state index contributed by atoms with van der Waals surface area (Å²) in [5.41, 5.74) is 4.46. The first-order valence-corrected chi connectivity index (χ1v) is 12.3. The predicted octanol–water partition coefficient (Wildman–Crippen LogP) is 7.16. The van der Waals surface area contributed by atoms with Crippen molar-refractivity contribution in [3.63, 3.8) is 0 Å². The van der Waals surface area contributed by atoms with Crippen LogP contribution >= 0.6 is 0 Å². The summed E-state index contributed by atoms with van der Waals surface area (Å²) in [6.45, 7) is 13.0. The summed E-state index contributed by atoms with van der Waals surface area (Å²) in [7, 11) is 0. The standard InChI is InChI=1S/C29H40O4/c1-7-24(28(30)32-18-22-9-13-26(14-10-22)20(3)4)17-25(8-2)29(31)33-19-23-11-15-27(16-12-23)21(5)6/h9-16,20-21,24-25H,7-8,17-19H2,1-6H3. The Kier molecular flexibility index (Phi) is 10.6. The van der Waals surface area contributed by atoms with Crippen molar-refractivity contribution < 1.29 is 19.1 Å². The normalized spacial score (nSPS) is 13.1. The maximum absolute atomic E-state index is 12.7. The maximum atomic E-state index is 12.7. The van der Waals surface area contributed by atoms with Crippen molar-refractivity contribution in [3.8, 4) is 0 Å². The van der Waals surface area contributed by atoms with Crippen molar-refractivity contribution in [1.82, 2.24) is 0 Å². The van der Waals surface area contributed by atoms with Crippen molar-refractivity contribution in [2.24, 2.45) is 11.8 Å². The lowest BCUT2D eigenvalue weighted by atomic mass is 9.91. The van der Waals surface area contributed by atoms with Crippen LogP contribution in [0.25, 0.3) is 0 Å². The second-order valence-corrected chi connectivity index (χ2v) is 9.45. The highest BCUT2D eigenvalue weighted by Gasteiger charge is 2.27. The van der Waals surface area contributed by atoms with Gasteiger partial charge in [0.25, 0.3) is 0 Å². The van der Waals surface area contributed by atoms with E-state index in [-0.39, 0.29) is 37.0 Å². The first-order chi connectivity index (χ1) is 15.7. The minimum Gasteiger partial charge on any atom is -0.461 e. The second kappa shape index (κ2) is 13.2. The van der Waals surface area contributed by atoms with Gasteiger partial charge in [-0.3, -0.25) is 9.59 Å². The van der Waals surface area contributed by atoms with Crippen LogP contribution in [0.3, 0.4) is 0 Å². The Morgan fingerprint density at radius 1 is 0.636 bits per heavy atom. The van der Waals surface area contributed by atoms with Crippen LogP contribution < -0.4 is 0 Å². The van der Waals surface area contributed by atoms with E-state index in [0.717, 1.165) is 11.1 Å². The quantitative estimate of drug-likeness (QED) is 0.321. The number of hydrogen-bond donors (Lipinski definition) is 0. The molecule has 0 saturated carbocycles. The Morgan fingerprint density at radius 2 is 0.970 bits per heavy atom. The summed E-state index contributed by atoms with van der Waals surface area (Å²) >= 11 is 0. The third-order valence-corrected chi connectivity index (χ3v) is 6.28. The van der Waals surface area contributed by atoms with E-state index in [4.69, 9.17) is 9.47 Å². The smallest absolute Gasteiger partial charge is 0.309 e. The van der Waals surface area contributed by atoms with Crippen LogP contribution in [0.15, 0.2) is 48.5 Å². The average Bonchev–Trinajstić information content (AvgIpc) is 2.82. The fourth-order valence-corrected chi connectivity index (χ4v) is 3.74. The molecule has 0 aliphatic rings. The summed E-state index contributed by atoms with van der Waals surface area (Å²) in [5, 5.41) is 0. The number of carbonyl (C=O) groups is 2. The molecule has 0 fully saturated rings. The molecular weight excluding hydrogens is 412 g/mol. The molecule has 2 aromatic carbocycles. The van der Waals surface area contributed by atoms with Crippen molar-refractivity contribution in [3.05, 3.63) is 70.8 Å². The van der Waals surface area contributed by atoms with Crippen LogP contribution in [0.2, 0.25) is 0 Å². The van der Waals surface area contributed by atoms with Gasteiger partial charge < -0.3 is 9.47 Å². The highest BCUT2D eigenvalue weighted by molar-refractivity contribution is 5.76. The summed E-state index contributed by atoms with van der Waals surface area (Å²) < 4.78 is 11.2. The zero-order chi connectivity index (χ0) is 24.4. The molecule has 0 heterocycles. The van der Waals surface area contributed by atoms with Gasteiger partial charge in [0, 0.05) is 0 Å². The molecule has 4 nitrogen and oxygen atoms in total. The Morgan fingerprint density at radius 3 is 1.24 bits per heavy atom. The van der Waals surface area contributed by atoms with Crippen LogP contribution in [-0.4, -0.2) is 11.9 Å². The van der Waals surface area contributed by atoms with Gasteiger partial charge in [-0.2, -0.15) is 0 Å². The Balaban J connectivity index is 1.86. The van der Waals surface area contributed by atoms with Crippen LogP contribution in [0.5, 0.6) is 0 Å². The van der Waals surface area contributed by atoms with E-state index >= 15 is 0 Å². The molecule has 0 N–H and O–H groups in total. The Bertz CT molecular complexity index is 792. The number of esters is 2. The number of ether oxygens (including phenoxy) is 2. The van der Waals surface area contributed by atoms with E-state index < -0.39 is 0 Å². The molecule has 2 unspecified atom stereocenters. The van der Waals surface area contributed by atoms with Crippen molar-refractivity contribution in [2.75, 3.05) is 0 Å². The summed E-state index contributed by atoms with van der Waals surface area (Å²) in [5.74, 6) is -0.195.